The molecule has 0 aliphatic carbocycles. The van der Waals surface area contributed by atoms with Gasteiger partial charge in [-0.05, 0) is 32.0 Å². The van der Waals surface area contributed by atoms with Crippen molar-refractivity contribution >= 4 is 23.2 Å². The molecule has 0 radical (unpaired) electrons. The number of ether oxygens (including phenoxy) is 1. The summed E-state index contributed by atoms with van der Waals surface area (Å²) in [6, 6.07) is 5.23. The zero-order valence-electron chi connectivity index (χ0n) is 11.7. The van der Waals surface area contributed by atoms with E-state index in [-0.39, 0.29) is 30.9 Å². The van der Waals surface area contributed by atoms with Crippen molar-refractivity contribution in [3.8, 4) is 5.75 Å². The molecule has 1 aromatic carbocycles. The van der Waals surface area contributed by atoms with Crippen LogP contribution >= 0.6 is 0 Å². The third kappa shape index (κ3) is 3.20. The van der Waals surface area contributed by atoms with Crippen LogP contribution in [0.3, 0.4) is 0 Å². The standard InChI is InChI=1S/C14H19N3O3/c1-9(2)16-13(18)5-6-17-11-7-10(15)3-4-12(11)20-8-14(17)19/h3-4,7,9H,5-6,8,15H2,1-2H3,(H,16,18). The van der Waals surface area contributed by atoms with Gasteiger partial charge >= 0.3 is 0 Å². The number of hydrogen-bond donors (Lipinski definition) is 2. The van der Waals surface area contributed by atoms with Crippen LogP contribution in [0.5, 0.6) is 5.75 Å². The fraction of sp³-hybridized carbons (Fsp3) is 0.429. The normalized spacial score (nSPS) is 13.9. The molecule has 0 saturated heterocycles. The van der Waals surface area contributed by atoms with Gasteiger partial charge in [-0.1, -0.05) is 0 Å². The van der Waals surface area contributed by atoms with Gasteiger partial charge in [-0.2, -0.15) is 0 Å². The lowest BCUT2D eigenvalue weighted by Crippen LogP contribution is -2.41. The Morgan fingerprint density at radius 1 is 1.50 bits per heavy atom. The average molecular weight is 277 g/mol. The largest absolute Gasteiger partial charge is 0.482 e. The molecule has 6 nitrogen and oxygen atoms in total. The van der Waals surface area contributed by atoms with Gasteiger partial charge in [-0.15, -0.1) is 0 Å². The quantitative estimate of drug-likeness (QED) is 0.801. The maximum atomic E-state index is 11.9. The number of hydrogen-bond acceptors (Lipinski definition) is 4. The molecule has 0 bridgehead atoms. The third-order valence-corrected chi connectivity index (χ3v) is 2.94. The first-order valence-electron chi connectivity index (χ1n) is 6.59. The van der Waals surface area contributed by atoms with Crippen LogP contribution in [-0.2, 0) is 9.59 Å². The summed E-state index contributed by atoms with van der Waals surface area (Å²) in [6.07, 6.45) is 0.248. The number of nitrogens with two attached hydrogens (primary N) is 1. The van der Waals surface area contributed by atoms with E-state index in [0.29, 0.717) is 23.7 Å². The van der Waals surface area contributed by atoms with Crippen LogP contribution in [0.1, 0.15) is 20.3 Å². The Balaban J connectivity index is 2.09. The maximum Gasteiger partial charge on any atom is 0.265 e. The van der Waals surface area contributed by atoms with E-state index in [9.17, 15) is 9.59 Å². The molecule has 1 heterocycles. The summed E-state index contributed by atoms with van der Waals surface area (Å²) in [5, 5.41) is 2.80. The average Bonchev–Trinajstić information content (AvgIpc) is 2.36. The van der Waals surface area contributed by atoms with E-state index in [0.717, 1.165) is 0 Å². The van der Waals surface area contributed by atoms with Crippen LogP contribution in [0.4, 0.5) is 11.4 Å². The number of benzene rings is 1. The van der Waals surface area contributed by atoms with Crippen molar-refractivity contribution in [1.29, 1.82) is 0 Å². The van der Waals surface area contributed by atoms with E-state index in [4.69, 9.17) is 10.5 Å². The number of rotatable bonds is 4. The Hall–Kier alpha value is -2.24. The second kappa shape index (κ2) is 5.81. The third-order valence-electron chi connectivity index (χ3n) is 2.94. The Bertz CT molecular complexity index is 528. The minimum Gasteiger partial charge on any atom is -0.482 e. The molecule has 1 aromatic rings. The highest BCUT2D eigenvalue weighted by molar-refractivity contribution is 5.98. The second-order valence-electron chi connectivity index (χ2n) is 5.03. The molecule has 2 amide bonds. The van der Waals surface area contributed by atoms with Crippen molar-refractivity contribution < 1.29 is 14.3 Å². The first kappa shape index (κ1) is 14.2. The summed E-state index contributed by atoms with van der Waals surface area (Å²) in [6.45, 7) is 4.10. The lowest BCUT2D eigenvalue weighted by atomic mass is 10.2. The number of nitrogens with one attached hydrogen (secondary N) is 1. The zero-order chi connectivity index (χ0) is 14.7. The number of amides is 2. The van der Waals surface area contributed by atoms with Gasteiger partial charge in [0.1, 0.15) is 5.75 Å². The Morgan fingerprint density at radius 2 is 2.25 bits per heavy atom. The molecule has 1 aliphatic rings. The van der Waals surface area contributed by atoms with Crippen LogP contribution in [0, 0.1) is 0 Å². The summed E-state index contributed by atoms with van der Waals surface area (Å²) < 4.78 is 5.35. The smallest absolute Gasteiger partial charge is 0.265 e. The SMILES string of the molecule is CC(C)NC(=O)CCN1C(=O)COc2ccc(N)cc21. The number of nitrogens with zero attached hydrogens (tertiary/aromatic N) is 1. The maximum absolute atomic E-state index is 11.9. The minimum atomic E-state index is -0.166. The Morgan fingerprint density at radius 3 is 2.95 bits per heavy atom. The van der Waals surface area contributed by atoms with Crippen molar-refractivity contribution in [2.24, 2.45) is 0 Å². The molecule has 3 N–H and O–H groups in total. The summed E-state index contributed by atoms with van der Waals surface area (Å²) in [7, 11) is 0. The fourth-order valence-corrected chi connectivity index (χ4v) is 2.07. The molecule has 0 aromatic heterocycles. The van der Waals surface area contributed by atoms with E-state index in [1.165, 1.54) is 0 Å². The van der Waals surface area contributed by atoms with Gasteiger partial charge < -0.3 is 20.7 Å². The topological polar surface area (TPSA) is 84.7 Å². The first-order chi connectivity index (χ1) is 9.47. The predicted octanol–water partition coefficient (Wildman–Crippen LogP) is 0.909. The van der Waals surface area contributed by atoms with Gasteiger partial charge in [0, 0.05) is 24.7 Å². The predicted molar refractivity (Wildman–Crippen MR) is 76.6 cm³/mol. The Kier molecular flexibility index (Phi) is 4.12. The van der Waals surface area contributed by atoms with Crippen LogP contribution in [-0.4, -0.2) is 31.0 Å². The molecule has 1 aliphatic heterocycles. The molecule has 6 heteroatoms. The summed E-state index contributed by atoms with van der Waals surface area (Å²) in [5.74, 6) is 0.369. The van der Waals surface area contributed by atoms with E-state index in [1.54, 1.807) is 23.1 Å². The van der Waals surface area contributed by atoms with Crippen LogP contribution in [0.2, 0.25) is 0 Å². The number of anilines is 2. The minimum absolute atomic E-state index is 0.0112. The van der Waals surface area contributed by atoms with Gasteiger partial charge in [-0.25, -0.2) is 0 Å². The number of fused-ring (bicyclic) bond motifs is 1. The molecule has 0 saturated carbocycles. The first-order valence-corrected chi connectivity index (χ1v) is 6.59. The fourth-order valence-electron chi connectivity index (χ4n) is 2.07. The van der Waals surface area contributed by atoms with Gasteiger partial charge in [-0.3, -0.25) is 9.59 Å². The molecule has 0 fully saturated rings. The molecule has 0 unspecified atom stereocenters. The van der Waals surface area contributed by atoms with Gasteiger partial charge in [0.05, 0.1) is 5.69 Å². The molecule has 2 rings (SSSR count). The van der Waals surface area contributed by atoms with Gasteiger partial charge in [0.15, 0.2) is 6.61 Å². The van der Waals surface area contributed by atoms with Crippen molar-refractivity contribution in [3.63, 3.8) is 0 Å². The number of nitrogen functional groups attached to an aromatic ring is 1. The van der Waals surface area contributed by atoms with E-state index >= 15 is 0 Å². The molecular weight excluding hydrogens is 258 g/mol. The van der Waals surface area contributed by atoms with Crippen molar-refractivity contribution in [2.45, 2.75) is 26.3 Å². The molecule has 20 heavy (non-hydrogen) atoms. The van der Waals surface area contributed by atoms with Crippen molar-refractivity contribution in [3.05, 3.63) is 18.2 Å². The van der Waals surface area contributed by atoms with Crippen molar-refractivity contribution in [1.82, 2.24) is 5.32 Å². The van der Waals surface area contributed by atoms with Crippen LogP contribution in [0.15, 0.2) is 18.2 Å². The highest BCUT2D eigenvalue weighted by Crippen LogP contribution is 2.33. The summed E-state index contributed by atoms with van der Waals surface area (Å²) >= 11 is 0. The van der Waals surface area contributed by atoms with Gasteiger partial charge in [0.25, 0.3) is 5.91 Å². The summed E-state index contributed by atoms with van der Waals surface area (Å²) in [4.78, 5) is 25.2. The van der Waals surface area contributed by atoms with Crippen LogP contribution < -0.4 is 20.7 Å². The zero-order valence-corrected chi connectivity index (χ0v) is 11.7. The molecule has 0 atom stereocenters. The highest BCUT2D eigenvalue weighted by atomic mass is 16.5. The molecule has 108 valence electrons. The lowest BCUT2D eigenvalue weighted by Gasteiger charge is -2.29. The lowest BCUT2D eigenvalue weighted by molar-refractivity contribution is -0.122. The number of carbonyl (C=O) groups is 2. The van der Waals surface area contributed by atoms with E-state index < -0.39 is 0 Å². The second-order valence-corrected chi connectivity index (χ2v) is 5.03. The Labute approximate surface area is 117 Å². The molecular formula is C14H19N3O3. The monoisotopic (exact) mass is 277 g/mol. The van der Waals surface area contributed by atoms with Gasteiger partial charge in [0.2, 0.25) is 5.91 Å². The van der Waals surface area contributed by atoms with E-state index in [1.807, 2.05) is 13.8 Å². The van der Waals surface area contributed by atoms with Crippen molar-refractivity contribution in [2.75, 3.05) is 23.8 Å². The van der Waals surface area contributed by atoms with E-state index in [2.05, 4.69) is 5.32 Å². The summed E-state index contributed by atoms with van der Waals surface area (Å²) in [5.41, 5.74) is 6.92. The molecule has 0 spiro atoms. The van der Waals surface area contributed by atoms with Crippen LogP contribution in [0.25, 0.3) is 0 Å². The highest BCUT2D eigenvalue weighted by Gasteiger charge is 2.25. The number of carbonyl (C=O) groups excluding carboxylic acids is 2.